The molecule has 1 saturated heterocycles. The van der Waals surface area contributed by atoms with E-state index < -0.39 is 11.0 Å². The van der Waals surface area contributed by atoms with Crippen molar-refractivity contribution in [3.8, 4) is 6.07 Å². The van der Waals surface area contributed by atoms with Gasteiger partial charge >= 0.3 is 6.09 Å². The first-order valence-corrected chi connectivity index (χ1v) is 7.58. The molecule has 0 unspecified atom stereocenters. The van der Waals surface area contributed by atoms with E-state index in [1.54, 1.807) is 10.4 Å². The number of piperidine rings is 1. The molecule has 0 atom stereocenters. The summed E-state index contributed by atoms with van der Waals surface area (Å²) in [5, 5.41) is 11.4. The molecule has 2 heterocycles. The van der Waals surface area contributed by atoms with Crippen molar-refractivity contribution in [3.05, 3.63) is 16.6 Å². The van der Waals surface area contributed by atoms with Gasteiger partial charge in [0.15, 0.2) is 0 Å². The molecule has 1 amide bonds. The van der Waals surface area contributed by atoms with Gasteiger partial charge in [0, 0.05) is 18.5 Å². The van der Waals surface area contributed by atoms with Crippen LogP contribution < -0.4 is 0 Å². The van der Waals surface area contributed by atoms with Crippen molar-refractivity contribution in [3.63, 3.8) is 0 Å². The molecule has 0 spiro atoms. The molecule has 1 aliphatic rings. The van der Waals surface area contributed by atoms with Crippen LogP contribution in [0.4, 0.5) is 4.79 Å². The third-order valence-electron chi connectivity index (χ3n) is 3.41. The minimum atomic E-state index is -0.557. The fourth-order valence-electron chi connectivity index (χ4n) is 2.27. The van der Waals surface area contributed by atoms with Crippen LogP contribution in [0, 0.1) is 11.3 Å². The highest BCUT2D eigenvalue weighted by Crippen LogP contribution is 2.35. The molecule has 5 nitrogen and oxygen atoms in total. The largest absolute Gasteiger partial charge is 0.444 e. The van der Waals surface area contributed by atoms with E-state index in [0.29, 0.717) is 25.9 Å². The molecule has 1 aliphatic heterocycles. The van der Waals surface area contributed by atoms with E-state index in [1.807, 2.05) is 26.2 Å². The van der Waals surface area contributed by atoms with Crippen molar-refractivity contribution in [1.29, 1.82) is 5.26 Å². The Morgan fingerprint density at radius 1 is 1.50 bits per heavy atom. The molecule has 0 radical (unpaired) electrons. The van der Waals surface area contributed by atoms with E-state index in [0.717, 1.165) is 5.69 Å². The lowest BCUT2D eigenvalue weighted by Crippen LogP contribution is -2.46. The highest BCUT2D eigenvalue weighted by atomic mass is 32.1. The zero-order valence-electron chi connectivity index (χ0n) is 12.0. The highest BCUT2D eigenvalue weighted by Gasteiger charge is 2.40. The summed E-state index contributed by atoms with van der Waals surface area (Å²) < 4.78 is 5.36. The van der Waals surface area contributed by atoms with E-state index in [1.165, 1.54) is 11.3 Å². The molecule has 20 heavy (non-hydrogen) atoms. The standard InChI is InChI=1S/C14H19N3O2S/c1-13(2,3)19-12(18)17-6-4-14(9-15,5-7-17)11-8-20-10-16-11/h8,10H,4-7H2,1-3H3. The zero-order valence-corrected chi connectivity index (χ0v) is 12.9. The van der Waals surface area contributed by atoms with Crippen molar-refractivity contribution in [1.82, 2.24) is 9.88 Å². The van der Waals surface area contributed by atoms with E-state index in [-0.39, 0.29) is 6.09 Å². The summed E-state index contributed by atoms with van der Waals surface area (Å²) in [5.74, 6) is 0. The predicted octanol–water partition coefficient (Wildman–Crippen LogP) is 2.94. The molecule has 0 N–H and O–H groups in total. The number of carbonyl (C=O) groups is 1. The third kappa shape index (κ3) is 3.10. The smallest absolute Gasteiger partial charge is 0.410 e. The second-order valence-corrected chi connectivity index (χ2v) is 6.75. The van der Waals surface area contributed by atoms with Gasteiger partial charge in [-0.3, -0.25) is 0 Å². The number of ether oxygens (including phenoxy) is 1. The molecule has 1 aromatic heterocycles. The topological polar surface area (TPSA) is 66.2 Å². The summed E-state index contributed by atoms with van der Waals surface area (Å²) in [4.78, 5) is 18.0. The van der Waals surface area contributed by atoms with Crippen LogP contribution in [0.1, 0.15) is 39.3 Å². The number of amides is 1. The van der Waals surface area contributed by atoms with Crippen LogP contribution in [0.2, 0.25) is 0 Å². The van der Waals surface area contributed by atoms with Crippen LogP contribution in [0.3, 0.4) is 0 Å². The summed E-state index contributed by atoms with van der Waals surface area (Å²) in [5.41, 5.74) is 1.52. The van der Waals surface area contributed by atoms with E-state index in [2.05, 4.69) is 11.1 Å². The Hall–Kier alpha value is -1.61. The Morgan fingerprint density at radius 3 is 2.60 bits per heavy atom. The molecule has 2 rings (SSSR count). The monoisotopic (exact) mass is 293 g/mol. The lowest BCUT2D eigenvalue weighted by molar-refractivity contribution is 0.0184. The number of nitrogens with zero attached hydrogens (tertiary/aromatic N) is 3. The molecule has 0 saturated carbocycles. The van der Waals surface area contributed by atoms with Gasteiger partial charge in [-0.1, -0.05) is 0 Å². The molecular weight excluding hydrogens is 274 g/mol. The summed E-state index contributed by atoms with van der Waals surface area (Å²) >= 11 is 1.49. The number of likely N-dealkylation sites (tertiary alicyclic amines) is 1. The maximum absolute atomic E-state index is 12.0. The van der Waals surface area contributed by atoms with Crippen molar-refractivity contribution >= 4 is 17.4 Å². The van der Waals surface area contributed by atoms with Crippen LogP contribution in [-0.4, -0.2) is 34.7 Å². The molecular formula is C14H19N3O2S. The number of rotatable bonds is 1. The fraction of sp³-hybridized carbons (Fsp3) is 0.643. The predicted molar refractivity (Wildman–Crippen MR) is 76.4 cm³/mol. The Bertz CT molecular complexity index is 506. The van der Waals surface area contributed by atoms with Crippen molar-refractivity contribution in [2.24, 2.45) is 0 Å². The second kappa shape index (κ2) is 5.41. The SMILES string of the molecule is CC(C)(C)OC(=O)N1CCC(C#N)(c2cscn2)CC1. The molecule has 1 fully saturated rings. The van der Waals surface area contributed by atoms with E-state index >= 15 is 0 Å². The number of nitriles is 1. The number of hydrogen-bond donors (Lipinski definition) is 0. The first-order chi connectivity index (χ1) is 9.36. The van der Waals surface area contributed by atoms with Crippen LogP contribution in [0.15, 0.2) is 10.9 Å². The fourth-order valence-corrected chi connectivity index (χ4v) is 2.92. The van der Waals surface area contributed by atoms with E-state index in [4.69, 9.17) is 4.74 Å². The first-order valence-electron chi connectivity index (χ1n) is 6.64. The normalized spacial score (nSPS) is 18.4. The Kier molecular flexibility index (Phi) is 4.00. The maximum atomic E-state index is 12.0. The lowest BCUT2D eigenvalue weighted by Gasteiger charge is -2.36. The van der Waals surface area contributed by atoms with Crippen LogP contribution in [0.25, 0.3) is 0 Å². The quantitative estimate of drug-likeness (QED) is 0.798. The lowest BCUT2D eigenvalue weighted by atomic mass is 9.77. The van der Waals surface area contributed by atoms with Gasteiger partial charge in [-0.25, -0.2) is 9.78 Å². The van der Waals surface area contributed by atoms with E-state index in [9.17, 15) is 10.1 Å². The molecule has 6 heteroatoms. The number of hydrogen-bond acceptors (Lipinski definition) is 5. The molecule has 0 bridgehead atoms. The van der Waals surface area contributed by atoms with Gasteiger partial charge < -0.3 is 9.64 Å². The van der Waals surface area contributed by atoms with Crippen molar-refractivity contribution < 1.29 is 9.53 Å². The van der Waals surface area contributed by atoms with Gasteiger partial charge in [0.1, 0.15) is 11.0 Å². The number of thiazole rings is 1. The van der Waals surface area contributed by atoms with Gasteiger partial charge in [-0.2, -0.15) is 5.26 Å². The maximum Gasteiger partial charge on any atom is 0.410 e. The van der Waals surface area contributed by atoms with Crippen molar-refractivity contribution in [2.45, 2.75) is 44.6 Å². The Balaban J connectivity index is 2.02. The number of aromatic nitrogens is 1. The van der Waals surface area contributed by atoms with Crippen LogP contribution in [-0.2, 0) is 10.2 Å². The zero-order chi connectivity index (χ0) is 14.8. The van der Waals surface area contributed by atoms with Gasteiger partial charge in [-0.05, 0) is 33.6 Å². The van der Waals surface area contributed by atoms with Gasteiger partial charge in [0.25, 0.3) is 0 Å². The molecule has 108 valence electrons. The summed E-state index contributed by atoms with van der Waals surface area (Å²) in [7, 11) is 0. The minimum Gasteiger partial charge on any atom is -0.444 e. The highest BCUT2D eigenvalue weighted by molar-refractivity contribution is 7.07. The summed E-state index contributed by atoms with van der Waals surface area (Å²) in [6, 6.07) is 2.39. The van der Waals surface area contributed by atoms with Gasteiger partial charge in [0.05, 0.1) is 17.3 Å². The van der Waals surface area contributed by atoms with Gasteiger partial charge in [-0.15, -0.1) is 11.3 Å². The van der Waals surface area contributed by atoms with Crippen molar-refractivity contribution in [2.75, 3.05) is 13.1 Å². The van der Waals surface area contributed by atoms with Crippen LogP contribution in [0.5, 0.6) is 0 Å². The minimum absolute atomic E-state index is 0.303. The summed E-state index contributed by atoms with van der Waals surface area (Å²) in [6.07, 6.45) is 0.904. The first kappa shape index (κ1) is 14.8. The molecule has 1 aromatic rings. The molecule has 0 aromatic carbocycles. The summed E-state index contributed by atoms with van der Waals surface area (Å²) in [6.45, 7) is 6.61. The van der Waals surface area contributed by atoms with Gasteiger partial charge in [0.2, 0.25) is 0 Å². The second-order valence-electron chi connectivity index (χ2n) is 6.03. The third-order valence-corrected chi connectivity index (χ3v) is 3.99. The average Bonchev–Trinajstić information content (AvgIpc) is 2.91. The average molecular weight is 293 g/mol. The molecule has 0 aliphatic carbocycles. The van der Waals surface area contributed by atoms with Crippen LogP contribution >= 0.6 is 11.3 Å². The Labute approximate surface area is 123 Å². The number of carbonyl (C=O) groups excluding carboxylic acids is 1. The Morgan fingerprint density at radius 2 is 2.15 bits per heavy atom.